The molecular weight excluding hydrogens is 508 g/mol. The lowest BCUT2D eigenvalue weighted by molar-refractivity contribution is -0.159. The van der Waals surface area contributed by atoms with E-state index in [1.54, 1.807) is 6.92 Å². The molecule has 1 amide bonds. The average molecular weight is 545 g/mol. The van der Waals surface area contributed by atoms with Crippen molar-refractivity contribution in [3.8, 4) is 17.2 Å². The summed E-state index contributed by atoms with van der Waals surface area (Å²) in [6, 6.07) is 9.85. The van der Waals surface area contributed by atoms with Gasteiger partial charge < -0.3 is 33.7 Å². The van der Waals surface area contributed by atoms with E-state index in [0.29, 0.717) is 31.6 Å². The Bertz CT molecular complexity index is 1100. The summed E-state index contributed by atoms with van der Waals surface area (Å²) in [5.41, 5.74) is -0.128. The molecule has 11 heteroatoms. The number of benzene rings is 1. The molecule has 0 radical (unpaired) electrons. The Morgan fingerprint density at radius 3 is 2.62 bits per heavy atom. The van der Waals surface area contributed by atoms with Crippen LogP contribution in [-0.4, -0.2) is 67.7 Å². The molecule has 212 valence electrons. The molecule has 1 saturated heterocycles. The number of hydrogen-bond acceptors (Lipinski definition) is 10. The zero-order valence-electron chi connectivity index (χ0n) is 22.7. The molecule has 2 aromatic rings. The minimum atomic E-state index is -0.948. The third kappa shape index (κ3) is 8.57. The summed E-state index contributed by atoms with van der Waals surface area (Å²) >= 11 is 0. The number of carbonyl (C=O) groups excluding carboxylic acids is 3. The van der Waals surface area contributed by atoms with E-state index in [4.69, 9.17) is 28.4 Å². The van der Waals surface area contributed by atoms with Gasteiger partial charge in [0.25, 0.3) is 5.91 Å². The van der Waals surface area contributed by atoms with Gasteiger partial charge in [-0.2, -0.15) is 0 Å². The Morgan fingerprint density at radius 2 is 1.92 bits per heavy atom. The number of esters is 2. The second kappa shape index (κ2) is 14.9. The van der Waals surface area contributed by atoms with E-state index in [1.165, 1.54) is 26.3 Å². The van der Waals surface area contributed by atoms with Crippen LogP contribution in [0, 0.1) is 0 Å². The summed E-state index contributed by atoms with van der Waals surface area (Å²) in [4.78, 5) is 41.7. The molecule has 1 aliphatic rings. The molecule has 11 nitrogen and oxygen atoms in total. The number of aromatic nitrogens is 1. The predicted octanol–water partition coefficient (Wildman–Crippen LogP) is 3.45. The molecule has 1 fully saturated rings. The highest BCUT2D eigenvalue weighted by Gasteiger charge is 2.37. The quantitative estimate of drug-likeness (QED) is 0.331. The van der Waals surface area contributed by atoms with Gasteiger partial charge in [-0.3, -0.25) is 9.59 Å². The van der Waals surface area contributed by atoms with Gasteiger partial charge in [0.05, 0.1) is 13.2 Å². The average Bonchev–Trinajstić information content (AvgIpc) is 2.97. The second-order valence-corrected chi connectivity index (χ2v) is 8.99. The SMILES string of the molecule is CCCO[C@H]1CCC[C@H](NC(=O)c2nccc(OC)c2OCOC(C)=O)C(=O)O[C@@H](C)[C@@H]1Oc1ccccc1. The Hall–Kier alpha value is -3.86. The van der Waals surface area contributed by atoms with Crippen LogP contribution in [0.4, 0.5) is 0 Å². The van der Waals surface area contributed by atoms with Crippen molar-refractivity contribution >= 4 is 17.8 Å². The van der Waals surface area contributed by atoms with Crippen molar-refractivity contribution in [1.82, 2.24) is 10.3 Å². The van der Waals surface area contributed by atoms with Crippen molar-refractivity contribution in [2.75, 3.05) is 20.5 Å². The van der Waals surface area contributed by atoms with Gasteiger partial charge in [0.2, 0.25) is 6.79 Å². The van der Waals surface area contributed by atoms with Gasteiger partial charge in [-0.1, -0.05) is 25.1 Å². The Kier molecular flexibility index (Phi) is 11.4. The fourth-order valence-electron chi connectivity index (χ4n) is 4.14. The first-order valence-electron chi connectivity index (χ1n) is 13.0. The highest BCUT2D eigenvalue weighted by atomic mass is 16.7. The van der Waals surface area contributed by atoms with Crippen molar-refractivity contribution in [1.29, 1.82) is 0 Å². The number of carbonyl (C=O) groups is 3. The second-order valence-electron chi connectivity index (χ2n) is 8.99. The van der Waals surface area contributed by atoms with Crippen molar-refractivity contribution in [3.63, 3.8) is 0 Å². The smallest absolute Gasteiger partial charge is 0.329 e. The molecule has 3 rings (SSSR count). The monoisotopic (exact) mass is 544 g/mol. The zero-order valence-corrected chi connectivity index (χ0v) is 22.7. The number of nitrogens with one attached hydrogen (secondary N) is 1. The van der Waals surface area contributed by atoms with Gasteiger partial charge in [-0.25, -0.2) is 9.78 Å². The van der Waals surface area contributed by atoms with E-state index in [-0.39, 0.29) is 23.3 Å². The first kappa shape index (κ1) is 29.7. The number of para-hydroxylation sites is 1. The van der Waals surface area contributed by atoms with Crippen LogP contribution >= 0.6 is 0 Å². The first-order valence-corrected chi connectivity index (χ1v) is 13.0. The van der Waals surface area contributed by atoms with Crippen LogP contribution < -0.4 is 19.5 Å². The Morgan fingerprint density at radius 1 is 1.15 bits per heavy atom. The van der Waals surface area contributed by atoms with Gasteiger partial charge >= 0.3 is 11.9 Å². The van der Waals surface area contributed by atoms with E-state index in [1.807, 2.05) is 37.3 Å². The van der Waals surface area contributed by atoms with Crippen molar-refractivity contribution in [2.24, 2.45) is 0 Å². The van der Waals surface area contributed by atoms with E-state index in [2.05, 4.69) is 10.3 Å². The summed E-state index contributed by atoms with van der Waals surface area (Å²) < 4.78 is 33.7. The molecule has 1 aliphatic heterocycles. The van der Waals surface area contributed by atoms with Crippen LogP contribution in [0.15, 0.2) is 42.6 Å². The molecule has 39 heavy (non-hydrogen) atoms. The number of methoxy groups -OCH3 is 1. The highest BCUT2D eigenvalue weighted by molar-refractivity contribution is 5.98. The standard InChI is InChI=1S/C28H36N2O9/c1-5-16-35-23-13-9-12-21(28(33)38-18(2)25(23)39-20-10-7-6-8-11-20)30-27(32)24-26(37-17-36-19(3)31)22(34-4)14-15-29-24/h6-8,10-11,14-15,18,21,23,25H,5,9,12-13,16-17H2,1-4H3,(H,30,32)/t18-,21-,23-,25-/m0/s1. The molecular formula is C28H36N2O9. The fraction of sp³-hybridized carbons (Fsp3) is 0.500. The Balaban J connectivity index is 1.78. The van der Waals surface area contributed by atoms with Crippen molar-refractivity contribution < 1.29 is 42.8 Å². The molecule has 1 N–H and O–H groups in total. The first-order chi connectivity index (χ1) is 18.8. The summed E-state index contributed by atoms with van der Waals surface area (Å²) in [6.45, 7) is 5.10. The number of hydrogen-bond donors (Lipinski definition) is 1. The van der Waals surface area contributed by atoms with E-state index in [0.717, 1.165) is 6.42 Å². The van der Waals surface area contributed by atoms with Crippen LogP contribution in [0.3, 0.4) is 0 Å². The van der Waals surface area contributed by atoms with Gasteiger partial charge in [0.1, 0.15) is 17.9 Å². The molecule has 2 heterocycles. The van der Waals surface area contributed by atoms with E-state index in [9.17, 15) is 14.4 Å². The maximum absolute atomic E-state index is 13.2. The topological polar surface area (TPSA) is 132 Å². The van der Waals surface area contributed by atoms with Gasteiger partial charge in [0, 0.05) is 25.8 Å². The molecule has 0 spiro atoms. The largest absolute Gasteiger partial charge is 0.493 e. The maximum atomic E-state index is 13.2. The predicted molar refractivity (Wildman–Crippen MR) is 140 cm³/mol. The third-order valence-corrected chi connectivity index (χ3v) is 6.02. The minimum Gasteiger partial charge on any atom is -0.493 e. The van der Waals surface area contributed by atoms with Crippen molar-refractivity contribution in [2.45, 2.75) is 70.8 Å². The summed E-state index contributed by atoms with van der Waals surface area (Å²) in [5, 5.41) is 2.71. The number of nitrogens with zero attached hydrogens (tertiary/aromatic N) is 1. The van der Waals surface area contributed by atoms with Crippen LogP contribution in [-0.2, 0) is 23.8 Å². The highest BCUT2D eigenvalue weighted by Crippen LogP contribution is 2.30. The molecule has 0 saturated carbocycles. The molecule has 0 aliphatic carbocycles. The molecule has 1 aromatic carbocycles. The van der Waals surface area contributed by atoms with Gasteiger partial charge in [-0.05, 0) is 44.7 Å². The van der Waals surface area contributed by atoms with E-state index < -0.39 is 42.9 Å². The number of ether oxygens (including phenoxy) is 6. The summed E-state index contributed by atoms with van der Waals surface area (Å²) in [6.07, 6.45) is 2.16. The zero-order chi connectivity index (χ0) is 28.2. The lowest BCUT2D eigenvalue weighted by Crippen LogP contribution is -2.46. The number of cyclic esters (lactones) is 1. The fourth-order valence-corrected chi connectivity index (χ4v) is 4.14. The van der Waals surface area contributed by atoms with Crippen LogP contribution in [0.2, 0.25) is 0 Å². The van der Waals surface area contributed by atoms with Crippen LogP contribution in [0.1, 0.15) is 56.9 Å². The summed E-state index contributed by atoms with van der Waals surface area (Å²) in [5.74, 6) is -0.986. The molecule has 1 aromatic heterocycles. The van der Waals surface area contributed by atoms with Gasteiger partial charge in [0.15, 0.2) is 23.3 Å². The normalized spacial score (nSPS) is 21.4. The summed E-state index contributed by atoms with van der Waals surface area (Å²) in [7, 11) is 1.40. The lowest BCUT2D eigenvalue weighted by atomic mass is 10.0. The number of rotatable bonds is 11. The minimum absolute atomic E-state index is 0.0205. The number of pyridine rings is 1. The van der Waals surface area contributed by atoms with Gasteiger partial charge in [-0.15, -0.1) is 0 Å². The van der Waals surface area contributed by atoms with Crippen LogP contribution in [0.5, 0.6) is 17.2 Å². The van der Waals surface area contributed by atoms with E-state index >= 15 is 0 Å². The molecule has 0 bridgehead atoms. The lowest BCUT2D eigenvalue weighted by Gasteiger charge is -2.31. The number of amides is 1. The van der Waals surface area contributed by atoms with Crippen molar-refractivity contribution in [3.05, 3.63) is 48.3 Å². The maximum Gasteiger partial charge on any atom is 0.329 e. The third-order valence-electron chi connectivity index (χ3n) is 6.02. The van der Waals surface area contributed by atoms with Crippen LogP contribution in [0.25, 0.3) is 0 Å². The molecule has 0 unspecified atom stereocenters. The Labute approximate surface area is 228 Å². The molecule has 4 atom stereocenters.